The van der Waals surface area contributed by atoms with Gasteiger partial charge in [0.2, 0.25) is 10.0 Å². The second-order valence-corrected chi connectivity index (χ2v) is 10.4. The van der Waals surface area contributed by atoms with Crippen molar-refractivity contribution in [3.05, 3.63) is 63.5 Å². The summed E-state index contributed by atoms with van der Waals surface area (Å²) in [5, 5.41) is 0. The Labute approximate surface area is 171 Å². The average Bonchev–Trinajstić information content (AvgIpc) is 2.97. The van der Waals surface area contributed by atoms with Crippen LogP contribution in [0.2, 0.25) is 0 Å². The number of benzene rings is 2. The minimum absolute atomic E-state index is 0.00769. The van der Waals surface area contributed by atoms with E-state index in [-0.39, 0.29) is 28.2 Å². The molecule has 150 valence electrons. The monoisotopic (exact) mass is 440 g/mol. The standard InChI is InChI=1S/C19H21FN2O3S3/c1-13(2)22-17-8-7-15(11-18(17)27-19(22)23)28(24,25)21-9-10-26-12-14-5-3-4-6-16(14)20/h3-8,11,13,21H,9-10,12H2,1-2H3. The Bertz CT molecular complexity index is 1140. The number of thioether (sulfide) groups is 1. The van der Waals surface area contributed by atoms with E-state index >= 15 is 0 Å². The summed E-state index contributed by atoms with van der Waals surface area (Å²) in [6.07, 6.45) is 0. The van der Waals surface area contributed by atoms with Crippen LogP contribution in [-0.4, -0.2) is 25.3 Å². The average molecular weight is 441 g/mol. The maximum atomic E-state index is 13.6. The van der Waals surface area contributed by atoms with Crippen molar-refractivity contribution < 1.29 is 12.8 Å². The normalized spacial score (nSPS) is 12.1. The number of rotatable bonds is 8. The molecule has 0 radical (unpaired) electrons. The number of hydrogen-bond acceptors (Lipinski definition) is 5. The lowest BCUT2D eigenvalue weighted by molar-refractivity contribution is 0.584. The highest BCUT2D eigenvalue weighted by Crippen LogP contribution is 2.24. The molecular formula is C19H21FN2O3S3. The van der Waals surface area contributed by atoms with Gasteiger partial charge in [0.1, 0.15) is 5.82 Å². The van der Waals surface area contributed by atoms with Crippen molar-refractivity contribution in [2.75, 3.05) is 12.3 Å². The summed E-state index contributed by atoms with van der Waals surface area (Å²) < 4.78 is 43.5. The summed E-state index contributed by atoms with van der Waals surface area (Å²) in [6.45, 7) is 4.07. The Morgan fingerprint density at radius 2 is 1.96 bits per heavy atom. The van der Waals surface area contributed by atoms with Crippen molar-refractivity contribution >= 4 is 43.3 Å². The minimum Gasteiger partial charge on any atom is -0.296 e. The second-order valence-electron chi connectivity index (χ2n) is 6.50. The Morgan fingerprint density at radius 1 is 1.21 bits per heavy atom. The number of nitrogens with one attached hydrogen (secondary N) is 1. The summed E-state index contributed by atoms with van der Waals surface area (Å²) in [5.41, 5.74) is 1.34. The molecule has 0 saturated carbocycles. The Balaban J connectivity index is 1.63. The van der Waals surface area contributed by atoms with Gasteiger partial charge in [-0.1, -0.05) is 29.5 Å². The van der Waals surface area contributed by atoms with Crippen LogP contribution < -0.4 is 9.60 Å². The van der Waals surface area contributed by atoms with Crippen LogP contribution in [0.4, 0.5) is 4.39 Å². The highest BCUT2D eigenvalue weighted by Gasteiger charge is 2.17. The summed E-state index contributed by atoms with van der Waals surface area (Å²) in [6, 6.07) is 11.3. The van der Waals surface area contributed by atoms with Crippen molar-refractivity contribution in [2.45, 2.75) is 30.5 Å². The third-order valence-corrected chi connectivity index (χ3v) is 7.55. The van der Waals surface area contributed by atoms with Crippen LogP contribution >= 0.6 is 23.1 Å². The first-order valence-corrected chi connectivity index (χ1v) is 12.2. The van der Waals surface area contributed by atoms with Crippen LogP contribution in [0.5, 0.6) is 0 Å². The number of halogens is 1. The maximum absolute atomic E-state index is 13.6. The third-order valence-electron chi connectivity index (χ3n) is 4.17. The first-order chi connectivity index (χ1) is 13.3. The molecule has 0 aliphatic heterocycles. The zero-order valence-electron chi connectivity index (χ0n) is 15.5. The number of nitrogens with zero attached hydrogens (tertiary/aromatic N) is 1. The SMILES string of the molecule is CC(C)n1c(=O)sc2cc(S(=O)(=O)NCCSCc3ccccc3F)ccc21. The molecule has 1 aromatic heterocycles. The van der Waals surface area contributed by atoms with Crippen molar-refractivity contribution in [3.63, 3.8) is 0 Å². The third kappa shape index (κ3) is 4.65. The van der Waals surface area contributed by atoms with Gasteiger partial charge in [-0.3, -0.25) is 9.36 Å². The molecule has 28 heavy (non-hydrogen) atoms. The van der Waals surface area contributed by atoms with Gasteiger partial charge in [0.15, 0.2) is 0 Å². The van der Waals surface area contributed by atoms with E-state index in [4.69, 9.17) is 0 Å². The Kier molecular flexibility index (Phi) is 6.59. The highest BCUT2D eigenvalue weighted by atomic mass is 32.2. The molecule has 0 atom stereocenters. The Morgan fingerprint density at radius 3 is 2.68 bits per heavy atom. The quantitative estimate of drug-likeness (QED) is 0.538. The largest absolute Gasteiger partial charge is 0.308 e. The molecule has 3 rings (SSSR count). The molecule has 0 aliphatic carbocycles. The molecule has 0 amide bonds. The van der Waals surface area contributed by atoms with Crippen LogP contribution in [0.15, 0.2) is 52.2 Å². The van der Waals surface area contributed by atoms with E-state index in [0.717, 1.165) is 16.9 Å². The molecule has 0 aliphatic rings. The summed E-state index contributed by atoms with van der Waals surface area (Å²) in [7, 11) is -3.67. The van der Waals surface area contributed by atoms with Crippen molar-refractivity contribution in [1.82, 2.24) is 9.29 Å². The fourth-order valence-corrected chi connectivity index (χ4v) is 5.96. The first kappa shape index (κ1) is 21.0. The number of fused-ring (bicyclic) bond motifs is 1. The summed E-state index contributed by atoms with van der Waals surface area (Å²) in [4.78, 5) is 12.1. The number of thiazole rings is 1. The number of aromatic nitrogens is 1. The van der Waals surface area contributed by atoms with Gasteiger partial charge in [-0.15, -0.1) is 0 Å². The van der Waals surface area contributed by atoms with Gasteiger partial charge < -0.3 is 0 Å². The molecular weight excluding hydrogens is 419 g/mol. The molecule has 0 fully saturated rings. The van der Waals surface area contributed by atoms with E-state index in [9.17, 15) is 17.6 Å². The minimum atomic E-state index is -3.67. The first-order valence-electron chi connectivity index (χ1n) is 8.75. The van der Waals surface area contributed by atoms with Crippen molar-refractivity contribution in [1.29, 1.82) is 0 Å². The molecule has 5 nitrogen and oxygen atoms in total. The van der Waals surface area contributed by atoms with Crippen LogP contribution in [0.1, 0.15) is 25.5 Å². The molecule has 1 heterocycles. The number of hydrogen-bond donors (Lipinski definition) is 1. The topological polar surface area (TPSA) is 68.2 Å². The molecule has 1 N–H and O–H groups in total. The highest BCUT2D eigenvalue weighted by molar-refractivity contribution is 7.98. The molecule has 2 aromatic carbocycles. The fraction of sp³-hybridized carbons (Fsp3) is 0.316. The van der Waals surface area contributed by atoms with E-state index in [2.05, 4.69) is 4.72 Å². The van der Waals surface area contributed by atoms with Crippen LogP contribution in [0.25, 0.3) is 10.2 Å². The van der Waals surface area contributed by atoms with E-state index in [1.165, 1.54) is 30.0 Å². The van der Waals surface area contributed by atoms with Gasteiger partial charge >= 0.3 is 4.87 Å². The van der Waals surface area contributed by atoms with Gasteiger partial charge in [0.25, 0.3) is 0 Å². The molecule has 0 bridgehead atoms. The van der Waals surface area contributed by atoms with E-state index < -0.39 is 10.0 Å². The van der Waals surface area contributed by atoms with E-state index in [1.54, 1.807) is 28.8 Å². The van der Waals surface area contributed by atoms with Crippen LogP contribution in [-0.2, 0) is 15.8 Å². The smallest absolute Gasteiger partial charge is 0.296 e. The van der Waals surface area contributed by atoms with Gasteiger partial charge in [-0.05, 0) is 43.7 Å². The fourth-order valence-electron chi connectivity index (χ4n) is 2.80. The van der Waals surface area contributed by atoms with Gasteiger partial charge in [0, 0.05) is 24.1 Å². The summed E-state index contributed by atoms with van der Waals surface area (Å²) in [5.74, 6) is 0.750. The van der Waals surface area contributed by atoms with Crippen molar-refractivity contribution in [3.8, 4) is 0 Å². The van der Waals surface area contributed by atoms with Gasteiger partial charge in [-0.2, -0.15) is 11.8 Å². The van der Waals surface area contributed by atoms with Crippen molar-refractivity contribution in [2.24, 2.45) is 0 Å². The molecule has 0 saturated heterocycles. The van der Waals surface area contributed by atoms with E-state index in [1.807, 2.05) is 13.8 Å². The van der Waals surface area contributed by atoms with Gasteiger partial charge in [-0.25, -0.2) is 17.5 Å². The lowest BCUT2D eigenvalue weighted by Crippen LogP contribution is -2.26. The zero-order valence-corrected chi connectivity index (χ0v) is 18.0. The molecule has 0 unspecified atom stereocenters. The number of sulfonamides is 1. The Hall–Kier alpha value is -1.68. The van der Waals surface area contributed by atoms with Crippen LogP contribution in [0.3, 0.4) is 0 Å². The predicted molar refractivity (Wildman–Crippen MR) is 114 cm³/mol. The lowest BCUT2D eigenvalue weighted by atomic mass is 10.2. The van der Waals surface area contributed by atoms with E-state index in [0.29, 0.717) is 21.8 Å². The molecule has 3 aromatic rings. The predicted octanol–water partition coefficient (Wildman–Crippen LogP) is 3.99. The molecule has 0 spiro atoms. The lowest BCUT2D eigenvalue weighted by Gasteiger charge is -2.09. The maximum Gasteiger partial charge on any atom is 0.308 e. The van der Waals surface area contributed by atoms with Crippen LogP contribution in [0, 0.1) is 5.82 Å². The summed E-state index contributed by atoms with van der Waals surface area (Å²) >= 11 is 2.50. The van der Waals surface area contributed by atoms with Gasteiger partial charge in [0.05, 0.1) is 15.1 Å². The second kappa shape index (κ2) is 8.77. The zero-order chi connectivity index (χ0) is 20.3. The molecule has 9 heteroatoms.